The number of hydrogen-bond donors (Lipinski definition) is 2. The molecule has 1 aromatic carbocycles. The molecule has 0 radical (unpaired) electrons. The van der Waals surface area contributed by atoms with E-state index in [0.717, 1.165) is 25.7 Å². The third-order valence-electron chi connectivity index (χ3n) is 3.45. The number of aliphatic hydroxyl groups is 1. The number of methoxy groups -OCH3 is 1. The van der Waals surface area contributed by atoms with Crippen LogP contribution in [0.15, 0.2) is 18.2 Å². The fourth-order valence-corrected chi connectivity index (χ4v) is 2.54. The number of ether oxygens (including phenoxy) is 1. The molecule has 2 rings (SSSR count). The van der Waals surface area contributed by atoms with Crippen LogP contribution in [0.2, 0.25) is 5.02 Å². The number of amides is 1. The van der Waals surface area contributed by atoms with Gasteiger partial charge < -0.3 is 15.2 Å². The van der Waals surface area contributed by atoms with Gasteiger partial charge in [0, 0.05) is 5.02 Å². The predicted octanol–water partition coefficient (Wildman–Crippen LogP) is 2.38. The largest absolute Gasteiger partial charge is 0.496 e. The number of benzene rings is 1. The van der Waals surface area contributed by atoms with Crippen LogP contribution < -0.4 is 10.1 Å². The Kier molecular flexibility index (Phi) is 4.66. The Hall–Kier alpha value is -1.26. The molecule has 1 saturated carbocycles. The van der Waals surface area contributed by atoms with Crippen molar-refractivity contribution in [3.8, 4) is 5.75 Å². The van der Waals surface area contributed by atoms with E-state index < -0.39 is 6.10 Å². The van der Waals surface area contributed by atoms with Crippen molar-refractivity contribution in [2.45, 2.75) is 37.8 Å². The zero-order chi connectivity index (χ0) is 13.8. The van der Waals surface area contributed by atoms with Crippen molar-refractivity contribution >= 4 is 17.5 Å². The zero-order valence-electron chi connectivity index (χ0n) is 10.9. The van der Waals surface area contributed by atoms with E-state index in [-0.39, 0.29) is 11.9 Å². The second-order valence-electron chi connectivity index (χ2n) is 4.78. The normalized spacial score (nSPS) is 22.9. The van der Waals surface area contributed by atoms with Crippen molar-refractivity contribution in [1.82, 2.24) is 5.32 Å². The Bertz CT molecular complexity index is 464. The van der Waals surface area contributed by atoms with Gasteiger partial charge in [-0.15, -0.1) is 0 Å². The van der Waals surface area contributed by atoms with Crippen LogP contribution in [0.25, 0.3) is 0 Å². The monoisotopic (exact) mass is 283 g/mol. The molecule has 0 aliphatic heterocycles. The SMILES string of the molecule is COc1cc(Cl)ccc1C(=O)NC1CCCCC1O. The molecule has 0 saturated heterocycles. The van der Waals surface area contributed by atoms with Gasteiger partial charge in [-0.3, -0.25) is 4.79 Å². The maximum atomic E-state index is 12.2. The van der Waals surface area contributed by atoms with E-state index in [1.807, 2.05) is 0 Å². The summed E-state index contributed by atoms with van der Waals surface area (Å²) in [6, 6.07) is 4.71. The minimum atomic E-state index is -0.462. The highest BCUT2D eigenvalue weighted by molar-refractivity contribution is 6.30. The summed E-state index contributed by atoms with van der Waals surface area (Å²) in [5, 5.41) is 13.3. The first-order valence-corrected chi connectivity index (χ1v) is 6.82. The summed E-state index contributed by atoms with van der Waals surface area (Å²) in [6.07, 6.45) is 3.12. The number of hydrogen-bond acceptors (Lipinski definition) is 3. The van der Waals surface area contributed by atoms with Crippen LogP contribution in [0.4, 0.5) is 0 Å². The van der Waals surface area contributed by atoms with Gasteiger partial charge in [-0.25, -0.2) is 0 Å². The molecule has 0 aromatic heterocycles. The van der Waals surface area contributed by atoms with Gasteiger partial charge in [-0.05, 0) is 31.0 Å². The van der Waals surface area contributed by atoms with Gasteiger partial charge in [0.1, 0.15) is 5.75 Å². The van der Waals surface area contributed by atoms with Crippen LogP contribution in [0.3, 0.4) is 0 Å². The summed E-state index contributed by atoms with van der Waals surface area (Å²) in [5.41, 5.74) is 0.435. The molecule has 0 bridgehead atoms. The van der Waals surface area contributed by atoms with Gasteiger partial charge in [0.2, 0.25) is 0 Å². The predicted molar refractivity (Wildman–Crippen MR) is 73.7 cm³/mol. The van der Waals surface area contributed by atoms with Crippen molar-refractivity contribution in [2.75, 3.05) is 7.11 Å². The molecule has 104 valence electrons. The smallest absolute Gasteiger partial charge is 0.255 e. The zero-order valence-corrected chi connectivity index (χ0v) is 11.6. The van der Waals surface area contributed by atoms with Gasteiger partial charge in [-0.1, -0.05) is 24.4 Å². The summed E-state index contributed by atoms with van der Waals surface area (Å²) in [4.78, 5) is 12.2. The Morgan fingerprint density at radius 3 is 2.84 bits per heavy atom. The molecular weight excluding hydrogens is 266 g/mol. The first-order chi connectivity index (χ1) is 9.11. The van der Waals surface area contributed by atoms with Crippen molar-refractivity contribution < 1.29 is 14.6 Å². The van der Waals surface area contributed by atoms with Gasteiger partial charge in [0.25, 0.3) is 5.91 Å². The third-order valence-corrected chi connectivity index (χ3v) is 3.69. The summed E-state index contributed by atoms with van der Waals surface area (Å²) in [5.74, 6) is 0.203. The first-order valence-electron chi connectivity index (χ1n) is 6.44. The minimum Gasteiger partial charge on any atom is -0.496 e. The summed E-state index contributed by atoms with van der Waals surface area (Å²) in [6.45, 7) is 0. The Morgan fingerprint density at radius 1 is 1.42 bits per heavy atom. The van der Waals surface area contributed by atoms with Gasteiger partial charge >= 0.3 is 0 Å². The standard InChI is InChI=1S/C14H18ClNO3/c1-19-13-8-9(15)6-7-10(13)14(18)16-11-4-2-3-5-12(11)17/h6-8,11-12,17H,2-5H2,1H3,(H,16,18). The number of rotatable bonds is 3. The van der Waals surface area contributed by atoms with Crippen LogP contribution in [-0.2, 0) is 0 Å². The maximum Gasteiger partial charge on any atom is 0.255 e. The molecule has 2 unspecified atom stereocenters. The molecule has 1 aliphatic carbocycles. The van der Waals surface area contributed by atoms with Gasteiger partial charge in [-0.2, -0.15) is 0 Å². The van der Waals surface area contributed by atoms with E-state index in [1.165, 1.54) is 7.11 Å². The fourth-order valence-electron chi connectivity index (χ4n) is 2.38. The van der Waals surface area contributed by atoms with E-state index in [2.05, 4.69) is 5.32 Å². The lowest BCUT2D eigenvalue weighted by Gasteiger charge is -2.28. The first kappa shape index (κ1) is 14.2. The Labute approximate surface area is 117 Å². The second kappa shape index (κ2) is 6.26. The molecule has 0 spiro atoms. The molecule has 2 N–H and O–H groups in total. The lowest BCUT2D eigenvalue weighted by molar-refractivity contribution is 0.0715. The maximum absolute atomic E-state index is 12.2. The minimum absolute atomic E-state index is 0.179. The molecule has 1 amide bonds. The summed E-state index contributed by atoms with van der Waals surface area (Å²) < 4.78 is 5.16. The van der Waals surface area contributed by atoms with Crippen molar-refractivity contribution in [3.05, 3.63) is 28.8 Å². The molecule has 4 nitrogen and oxygen atoms in total. The number of nitrogens with one attached hydrogen (secondary N) is 1. The van der Waals surface area contributed by atoms with E-state index in [4.69, 9.17) is 16.3 Å². The molecule has 1 aliphatic rings. The van der Waals surface area contributed by atoms with E-state index >= 15 is 0 Å². The number of halogens is 1. The Balaban J connectivity index is 2.11. The molecule has 1 fully saturated rings. The fraction of sp³-hybridized carbons (Fsp3) is 0.500. The number of aliphatic hydroxyl groups excluding tert-OH is 1. The summed E-state index contributed by atoms with van der Waals surface area (Å²) in [7, 11) is 1.50. The van der Waals surface area contributed by atoms with Gasteiger partial charge in [0.15, 0.2) is 0 Å². The summed E-state index contributed by atoms with van der Waals surface area (Å²) >= 11 is 5.86. The van der Waals surface area contributed by atoms with Crippen LogP contribution in [0.5, 0.6) is 5.75 Å². The molecule has 0 heterocycles. The highest BCUT2D eigenvalue weighted by Gasteiger charge is 2.25. The van der Waals surface area contributed by atoms with Crippen molar-refractivity contribution in [2.24, 2.45) is 0 Å². The third kappa shape index (κ3) is 3.39. The second-order valence-corrected chi connectivity index (χ2v) is 5.21. The van der Waals surface area contributed by atoms with Crippen molar-refractivity contribution in [1.29, 1.82) is 0 Å². The molecular formula is C14H18ClNO3. The average Bonchev–Trinajstić information content (AvgIpc) is 2.41. The van der Waals surface area contributed by atoms with Crippen LogP contribution in [0, 0.1) is 0 Å². The van der Waals surface area contributed by atoms with Crippen LogP contribution >= 0.6 is 11.6 Å². The van der Waals surface area contributed by atoms with E-state index in [9.17, 15) is 9.90 Å². The van der Waals surface area contributed by atoms with E-state index in [1.54, 1.807) is 18.2 Å². The quantitative estimate of drug-likeness (QED) is 0.895. The number of carbonyl (C=O) groups is 1. The lowest BCUT2D eigenvalue weighted by Crippen LogP contribution is -2.45. The highest BCUT2D eigenvalue weighted by Crippen LogP contribution is 2.24. The van der Waals surface area contributed by atoms with Crippen LogP contribution in [0.1, 0.15) is 36.0 Å². The Morgan fingerprint density at radius 2 is 2.16 bits per heavy atom. The van der Waals surface area contributed by atoms with Crippen molar-refractivity contribution in [3.63, 3.8) is 0 Å². The number of carbonyl (C=O) groups excluding carboxylic acids is 1. The topological polar surface area (TPSA) is 58.6 Å². The van der Waals surface area contributed by atoms with Gasteiger partial charge in [0.05, 0.1) is 24.8 Å². The molecule has 1 aromatic rings. The van der Waals surface area contributed by atoms with E-state index in [0.29, 0.717) is 16.3 Å². The molecule has 5 heteroatoms. The highest BCUT2D eigenvalue weighted by atomic mass is 35.5. The molecule has 2 atom stereocenters. The molecule has 19 heavy (non-hydrogen) atoms. The lowest BCUT2D eigenvalue weighted by atomic mass is 9.92. The average molecular weight is 284 g/mol. The van der Waals surface area contributed by atoms with Crippen LogP contribution in [-0.4, -0.2) is 30.3 Å².